The highest BCUT2D eigenvalue weighted by Gasteiger charge is 2.20. The van der Waals surface area contributed by atoms with Gasteiger partial charge in [0, 0.05) is 17.7 Å². The Morgan fingerprint density at radius 2 is 1.79 bits per heavy atom. The first-order valence-electron chi connectivity index (χ1n) is 8.80. The molecule has 29 heavy (non-hydrogen) atoms. The number of rotatable bonds is 7. The van der Waals surface area contributed by atoms with Crippen molar-refractivity contribution in [2.45, 2.75) is 26.9 Å². The maximum absolute atomic E-state index is 12.0. The third-order valence-corrected chi connectivity index (χ3v) is 3.97. The van der Waals surface area contributed by atoms with Gasteiger partial charge in [0.25, 0.3) is 11.6 Å². The zero-order valence-electron chi connectivity index (χ0n) is 16.1. The molecule has 0 N–H and O–H groups in total. The van der Waals surface area contributed by atoms with Crippen LogP contribution in [0, 0.1) is 24.0 Å². The molecule has 9 nitrogen and oxygen atoms in total. The summed E-state index contributed by atoms with van der Waals surface area (Å²) in [6.07, 6.45) is -0.773. The Morgan fingerprint density at radius 1 is 1.14 bits per heavy atom. The Kier molecular flexibility index (Phi) is 5.87. The first-order chi connectivity index (χ1) is 13.8. The third-order valence-electron chi connectivity index (χ3n) is 3.97. The largest absolute Gasteiger partial charge is 0.482 e. The van der Waals surface area contributed by atoms with Crippen molar-refractivity contribution in [3.63, 3.8) is 0 Å². The predicted octanol–water partition coefficient (Wildman–Crippen LogP) is 3.94. The van der Waals surface area contributed by atoms with Crippen molar-refractivity contribution < 1.29 is 23.6 Å². The van der Waals surface area contributed by atoms with Crippen molar-refractivity contribution in [3.8, 4) is 17.2 Å². The van der Waals surface area contributed by atoms with E-state index in [4.69, 9.17) is 13.9 Å². The standard InChI is InChI=1S/C20H19N3O6/c1-12-8-13(2)10-17(9-12)27-11-18(24)28-14(3)19-21-22-20(29-19)15-4-6-16(7-5-15)23(25)26/h4-10,14H,11H2,1-3H3/t14-/m0/s1. The SMILES string of the molecule is Cc1cc(C)cc(OCC(=O)O[C@@H](C)c2nnc(-c3ccc([N+](=O)[O-])cc3)o2)c1. The topological polar surface area (TPSA) is 118 Å². The second kappa shape index (κ2) is 8.51. The number of benzene rings is 2. The summed E-state index contributed by atoms with van der Waals surface area (Å²) in [5.41, 5.74) is 2.54. The highest BCUT2D eigenvalue weighted by molar-refractivity contribution is 5.71. The van der Waals surface area contributed by atoms with Crippen LogP contribution in [-0.2, 0) is 9.53 Å². The lowest BCUT2D eigenvalue weighted by Crippen LogP contribution is -2.17. The van der Waals surface area contributed by atoms with E-state index in [1.807, 2.05) is 32.0 Å². The Morgan fingerprint density at radius 3 is 2.41 bits per heavy atom. The summed E-state index contributed by atoms with van der Waals surface area (Å²) < 4.78 is 16.3. The molecule has 1 aromatic heterocycles. The van der Waals surface area contributed by atoms with E-state index >= 15 is 0 Å². The van der Waals surface area contributed by atoms with Crippen molar-refractivity contribution in [3.05, 3.63) is 69.6 Å². The molecule has 0 saturated carbocycles. The second-order valence-electron chi connectivity index (χ2n) is 6.49. The third kappa shape index (κ3) is 5.16. The summed E-state index contributed by atoms with van der Waals surface area (Å²) in [6.45, 7) is 5.23. The number of nitro groups is 1. The van der Waals surface area contributed by atoms with Crippen LogP contribution in [0.3, 0.4) is 0 Å². The lowest BCUT2D eigenvalue weighted by atomic mass is 10.1. The fraction of sp³-hybridized carbons (Fsp3) is 0.250. The van der Waals surface area contributed by atoms with Crippen LogP contribution in [0.1, 0.15) is 30.0 Å². The summed E-state index contributed by atoms with van der Waals surface area (Å²) >= 11 is 0. The Labute approximate surface area is 166 Å². The number of carbonyl (C=O) groups excluding carboxylic acids is 1. The molecule has 0 bridgehead atoms. The summed E-state index contributed by atoms with van der Waals surface area (Å²) in [6, 6.07) is 11.4. The van der Waals surface area contributed by atoms with E-state index in [2.05, 4.69) is 10.2 Å². The Balaban J connectivity index is 1.58. The van der Waals surface area contributed by atoms with Gasteiger partial charge in [-0.3, -0.25) is 10.1 Å². The van der Waals surface area contributed by atoms with Crippen LogP contribution in [0.25, 0.3) is 11.5 Å². The molecule has 0 spiro atoms. The van der Waals surface area contributed by atoms with Gasteiger partial charge >= 0.3 is 5.97 Å². The lowest BCUT2D eigenvalue weighted by Gasteiger charge is -2.11. The smallest absolute Gasteiger partial charge is 0.344 e. The number of ether oxygens (including phenoxy) is 2. The number of nitrogens with zero attached hydrogens (tertiary/aromatic N) is 3. The van der Waals surface area contributed by atoms with Gasteiger partial charge in [0.05, 0.1) is 4.92 Å². The Hall–Kier alpha value is -3.75. The first kappa shape index (κ1) is 20.0. The molecule has 1 atom stereocenters. The molecule has 0 unspecified atom stereocenters. The quantitative estimate of drug-likeness (QED) is 0.334. The van der Waals surface area contributed by atoms with E-state index < -0.39 is 17.0 Å². The van der Waals surface area contributed by atoms with Crippen molar-refractivity contribution >= 4 is 11.7 Å². The van der Waals surface area contributed by atoms with Crippen LogP contribution in [0.5, 0.6) is 5.75 Å². The molecule has 2 aromatic carbocycles. The number of non-ortho nitro benzene ring substituents is 1. The second-order valence-corrected chi connectivity index (χ2v) is 6.49. The van der Waals surface area contributed by atoms with Gasteiger partial charge in [-0.1, -0.05) is 6.07 Å². The molecule has 150 valence electrons. The number of carbonyl (C=O) groups is 1. The van der Waals surface area contributed by atoms with Crippen LogP contribution in [-0.4, -0.2) is 27.7 Å². The highest BCUT2D eigenvalue weighted by atomic mass is 16.6. The van der Waals surface area contributed by atoms with Gasteiger partial charge in [-0.05, 0) is 56.2 Å². The summed E-state index contributed by atoms with van der Waals surface area (Å²) in [5, 5.41) is 18.5. The van der Waals surface area contributed by atoms with Gasteiger partial charge < -0.3 is 13.9 Å². The molecular weight excluding hydrogens is 378 g/mol. The summed E-state index contributed by atoms with van der Waals surface area (Å²) in [7, 11) is 0. The van der Waals surface area contributed by atoms with E-state index in [0.717, 1.165) is 11.1 Å². The first-order valence-corrected chi connectivity index (χ1v) is 8.80. The minimum Gasteiger partial charge on any atom is -0.482 e. The molecule has 9 heteroatoms. The molecule has 0 saturated heterocycles. The van der Waals surface area contributed by atoms with Crippen molar-refractivity contribution in [1.82, 2.24) is 10.2 Å². The maximum atomic E-state index is 12.0. The number of nitro benzene ring substituents is 1. The molecule has 0 aliphatic rings. The fourth-order valence-electron chi connectivity index (χ4n) is 2.68. The van der Waals surface area contributed by atoms with E-state index in [1.165, 1.54) is 24.3 Å². The van der Waals surface area contributed by atoms with Crippen molar-refractivity contribution in [2.75, 3.05) is 6.61 Å². The van der Waals surface area contributed by atoms with E-state index in [-0.39, 0.29) is 24.1 Å². The van der Waals surface area contributed by atoms with Gasteiger partial charge in [0.1, 0.15) is 5.75 Å². The van der Waals surface area contributed by atoms with Crippen molar-refractivity contribution in [1.29, 1.82) is 0 Å². The van der Waals surface area contributed by atoms with Crippen LogP contribution in [0.15, 0.2) is 46.9 Å². The number of hydrogen-bond acceptors (Lipinski definition) is 8. The fourth-order valence-corrected chi connectivity index (χ4v) is 2.68. The van der Waals surface area contributed by atoms with Crippen LogP contribution >= 0.6 is 0 Å². The monoisotopic (exact) mass is 397 g/mol. The van der Waals surface area contributed by atoms with Gasteiger partial charge in [-0.25, -0.2) is 4.79 Å². The Bertz CT molecular complexity index is 1010. The summed E-state index contributed by atoms with van der Waals surface area (Å²) in [4.78, 5) is 22.3. The highest BCUT2D eigenvalue weighted by Crippen LogP contribution is 2.24. The molecule has 0 fully saturated rings. The number of hydrogen-bond donors (Lipinski definition) is 0. The van der Waals surface area contributed by atoms with Gasteiger partial charge in [0.15, 0.2) is 12.7 Å². The molecule has 3 rings (SSSR count). The van der Waals surface area contributed by atoms with E-state index in [1.54, 1.807) is 6.92 Å². The normalized spacial score (nSPS) is 11.7. The molecule has 1 heterocycles. The minimum atomic E-state index is -0.773. The maximum Gasteiger partial charge on any atom is 0.344 e. The van der Waals surface area contributed by atoms with Crippen LogP contribution in [0.2, 0.25) is 0 Å². The summed E-state index contributed by atoms with van der Waals surface area (Å²) in [5.74, 6) is 0.291. The molecule has 3 aromatic rings. The number of aromatic nitrogens is 2. The van der Waals surface area contributed by atoms with E-state index in [9.17, 15) is 14.9 Å². The van der Waals surface area contributed by atoms with Gasteiger partial charge in [-0.2, -0.15) is 0 Å². The molecule has 0 aliphatic carbocycles. The predicted molar refractivity (Wildman–Crippen MR) is 102 cm³/mol. The molecule has 0 amide bonds. The average molecular weight is 397 g/mol. The molecule has 0 aliphatic heterocycles. The zero-order valence-corrected chi connectivity index (χ0v) is 16.1. The molecule has 0 radical (unpaired) electrons. The van der Waals surface area contributed by atoms with Crippen LogP contribution < -0.4 is 4.74 Å². The average Bonchev–Trinajstić information content (AvgIpc) is 3.16. The van der Waals surface area contributed by atoms with Gasteiger partial charge in [0.2, 0.25) is 5.89 Å². The zero-order chi connectivity index (χ0) is 21.0. The van der Waals surface area contributed by atoms with Gasteiger partial charge in [-0.15, -0.1) is 10.2 Å². The lowest BCUT2D eigenvalue weighted by molar-refractivity contribution is -0.384. The van der Waals surface area contributed by atoms with Crippen molar-refractivity contribution in [2.24, 2.45) is 0 Å². The minimum absolute atomic E-state index is 0.0420. The van der Waals surface area contributed by atoms with Crippen LogP contribution in [0.4, 0.5) is 5.69 Å². The molecular formula is C20H19N3O6. The number of esters is 1. The van der Waals surface area contributed by atoms with E-state index in [0.29, 0.717) is 11.3 Å². The number of aryl methyl sites for hydroxylation is 2.